The smallest absolute Gasteiger partial charge is 0.307 e. The van der Waals surface area contributed by atoms with Gasteiger partial charge in [-0.05, 0) is 44.1 Å². The molecule has 0 saturated carbocycles. The van der Waals surface area contributed by atoms with Gasteiger partial charge < -0.3 is 15.2 Å². The maximum atomic E-state index is 11.2. The number of aliphatic carboxylic acids is 1. The summed E-state index contributed by atoms with van der Waals surface area (Å²) in [6.45, 7) is 8.65. The van der Waals surface area contributed by atoms with Gasteiger partial charge in [0.2, 0.25) is 0 Å². The van der Waals surface area contributed by atoms with Gasteiger partial charge in [-0.1, -0.05) is 20.8 Å². The number of carbonyl (C=O) groups is 1. The monoisotopic (exact) mass is 271 g/mol. The molecule has 0 bridgehead atoms. The van der Waals surface area contributed by atoms with Crippen LogP contribution >= 0.6 is 0 Å². The Morgan fingerprint density at radius 1 is 1.47 bits per heavy atom. The Bertz CT molecular complexity index is 268. The van der Waals surface area contributed by atoms with Crippen LogP contribution in [0.2, 0.25) is 0 Å². The lowest BCUT2D eigenvalue weighted by Crippen LogP contribution is -2.36. The van der Waals surface area contributed by atoms with Gasteiger partial charge in [0.15, 0.2) is 0 Å². The molecule has 1 rings (SSSR count). The third-order valence-corrected chi connectivity index (χ3v) is 3.86. The molecule has 2 N–H and O–H groups in total. The number of carboxylic acids is 1. The fourth-order valence-corrected chi connectivity index (χ4v) is 2.73. The van der Waals surface area contributed by atoms with Crippen molar-refractivity contribution in [2.45, 2.75) is 52.6 Å². The number of hydrogen-bond donors (Lipinski definition) is 2. The van der Waals surface area contributed by atoms with E-state index in [9.17, 15) is 9.90 Å². The minimum atomic E-state index is -0.681. The van der Waals surface area contributed by atoms with Gasteiger partial charge in [-0.3, -0.25) is 4.79 Å². The fourth-order valence-electron chi connectivity index (χ4n) is 2.73. The van der Waals surface area contributed by atoms with Crippen molar-refractivity contribution >= 4 is 5.97 Å². The molecule has 3 unspecified atom stereocenters. The van der Waals surface area contributed by atoms with Crippen molar-refractivity contribution in [1.29, 1.82) is 0 Å². The molecule has 0 amide bonds. The lowest BCUT2D eigenvalue weighted by atomic mass is 9.93. The second kappa shape index (κ2) is 8.54. The molecule has 0 spiro atoms. The lowest BCUT2D eigenvalue weighted by molar-refractivity contribution is -0.142. The Balaban J connectivity index is 2.25. The van der Waals surface area contributed by atoms with Crippen molar-refractivity contribution in [3.63, 3.8) is 0 Å². The summed E-state index contributed by atoms with van der Waals surface area (Å²) in [6, 6.07) is 0. The summed E-state index contributed by atoms with van der Waals surface area (Å²) >= 11 is 0. The molecule has 0 aromatic heterocycles. The van der Waals surface area contributed by atoms with Crippen LogP contribution in [-0.2, 0) is 9.53 Å². The molecule has 1 aliphatic rings. The summed E-state index contributed by atoms with van der Waals surface area (Å²) < 4.78 is 5.65. The number of ether oxygens (including phenoxy) is 1. The third-order valence-electron chi connectivity index (χ3n) is 3.86. The van der Waals surface area contributed by atoms with Crippen molar-refractivity contribution in [1.82, 2.24) is 5.32 Å². The second-order valence-electron chi connectivity index (χ2n) is 6.11. The molecule has 1 saturated heterocycles. The summed E-state index contributed by atoms with van der Waals surface area (Å²) in [6.07, 6.45) is 4.40. The Labute approximate surface area is 116 Å². The minimum absolute atomic E-state index is 0.262. The van der Waals surface area contributed by atoms with Crippen LogP contribution in [-0.4, -0.2) is 36.9 Å². The summed E-state index contributed by atoms with van der Waals surface area (Å²) in [5.74, 6) is 0.115. The van der Waals surface area contributed by atoms with Crippen LogP contribution in [0.5, 0.6) is 0 Å². The molecule has 3 atom stereocenters. The minimum Gasteiger partial charge on any atom is -0.481 e. The summed E-state index contributed by atoms with van der Waals surface area (Å²) in [5.41, 5.74) is 0. The van der Waals surface area contributed by atoms with Gasteiger partial charge in [0.1, 0.15) is 0 Å². The van der Waals surface area contributed by atoms with Gasteiger partial charge in [-0.2, -0.15) is 0 Å². The van der Waals surface area contributed by atoms with Gasteiger partial charge in [0.25, 0.3) is 0 Å². The normalized spacial score (nSPS) is 25.5. The van der Waals surface area contributed by atoms with E-state index in [1.165, 1.54) is 0 Å². The molecule has 0 aromatic rings. The summed E-state index contributed by atoms with van der Waals surface area (Å²) in [4.78, 5) is 11.2. The van der Waals surface area contributed by atoms with Gasteiger partial charge in [-0.25, -0.2) is 0 Å². The van der Waals surface area contributed by atoms with Crippen molar-refractivity contribution in [3.05, 3.63) is 0 Å². The van der Waals surface area contributed by atoms with Gasteiger partial charge in [0, 0.05) is 13.2 Å². The van der Waals surface area contributed by atoms with Crippen molar-refractivity contribution in [2.24, 2.45) is 17.8 Å². The van der Waals surface area contributed by atoms with Crippen LogP contribution < -0.4 is 5.32 Å². The predicted molar refractivity (Wildman–Crippen MR) is 76.2 cm³/mol. The quantitative estimate of drug-likeness (QED) is 0.712. The Hall–Kier alpha value is -0.610. The Kier molecular flexibility index (Phi) is 7.39. The highest BCUT2D eigenvalue weighted by molar-refractivity contribution is 5.70. The van der Waals surface area contributed by atoms with Crippen molar-refractivity contribution in [3.8, 4) is 0 Å². The van der Waals surface area contributed by atoms with Gasteiger partial charge >= 0.3 is 5.97 Å². The molecule has 1 heterocycles. The zero-order chi connectivity index (χ0) is 14.3. The van der Waals surface area contributed by atoms with E-state index in [1.807, 2.05) is 0 Å². The van der Waals surface area contributed by atoms with Gasteiger partial charge in [-0.15, -0.1) is 0 Å². The Morgan fingerprint density at radius 3 is 2.79 bits per heavy atom. The van der Waals surface area contributed by atoms with Crippen LogP contribution in [0.3, 0.4) is 0 Å². The van der Waals surface area contributed by atoms with E-state index in [1.54, 1.807) is 0 Å². The Morgan fingerprint density at radius 2 is 2.21 bits per heavy atom. The van der Waals surface area contributed by atoms with E-state index in [4.69, 9.17) is 4.74 Å². The fraction of sp³-hybridized carbons (Fsp3) is 0.933. The first-order chi connectivity index (χ1) is 9.02. The average molecular weight is 271 g/mol. The zero-order valence-corrected chi connectivity index (χ0v) is 12.5. The molecule has 19 heavy (non-hydrogen) atoms. The van der Waals surface area contributed by atoms with E-state index < -0.39 is 5.97 Å². The number of hydrogen-bond acceptors (Lipinski definition) is 3. The van der Waals surface area contributed by atoms with Crippen LogP contribution in [0.1, 0.15) is 46.5 Å². The van der Waals surface area contributed by atoms with E-state index in [2.05, 4.69) is 26.1 Å². The molecule has 112 valence electrons. The first kappa shape index (κ1) is 16.4. The molecule has 1 aliphatic heterocycles. The highest BCUT2D eigenvalue weighted by Gasteiger charge is 2.22. The molecule has 0 radical (unpaired) electrons. The topological polar surface area (TPSA) is 58.6 Å². The molecule has 4 nitrogen and oxygen atoms in total. The van der Waals surface area contributed by atoms with E-state index in [-0.39, 0.29) is 5.92 Å². The average Bonchev–Trinajstić information content (AvgIpc) is 2.37. The molecule has 4 heteroatoms. The predicted octanol–water partition coefficient (Wildman–Crippen LogP) is 2.53. The first-order valence-electron chi connectivity index (χ1n) is 7.58. The molecular formula is C15H29NO3. The number of nitrogens with one attached hydrogen (secondary N) is 1. The van der Waals surface area contributed by atoms with Crippen LogP contribution in [0.4, 0.5) is 0 Å². The first-order valence-corrected chi connectivity index (χ1v) is 7.58. The maximum absolute atomic E-state index is 11.2. The molecule has 0 aliphatic carbocycles. The highest BCUT2D eigenvalue weighted by atomic mass is 16.5. The van der Waals surface area contributed by atoms with E-state index in [0.29, 0.717) is 24.5 Å². The lowest BCUT2D eigenvalue weighted by Gasteiger charge is -2.29. The SMILES string of the molecule is CCC1CC(CNCC(CC(C)C)C(=O)O)CCO1. The highest BCUT2D eigenvalue weighted by Crippen LogP contribution is 2.21. The molecular weight excluding hydrogens is 242 g/mol. The second-order valence-corrected chi connectivity index (χ2v) is 6.11. The largest absolute Gasteiger partial charge is 0.481 e. The standard InChI is InChI=1S/C15H29NO3/c1-4-14-8-12(5-6-19-14)9-16-10-13(15(17)18)7-11(2)3/h11-14,16H,4-10H2,1-3H3,(H,17,18). The zero-order valence-electron chi connectivity index (χ0n) is 12.5. The summed E-state index contributed by atoms with van der Waals surface area (Å²) in [5, 5.41) is 12.5. The number of carboxylic acid groups (broad SMARTS) is 1. The van der Waals surface area contributed by atoms with Crippen LogP contribution in [0, 0.1) is 17.8 Å². The van der Waals surface area contributed by atoms with E-state index >= 15 is 0 Å². The number of rotatable bonds is 8. The maximum Gasteiger partial charge on any atom is 0.307 e. The van der Waals surface area contributed by atoms with Gasteiger partial charge in [0.05, 0.1) is 12.0 Å². The van der Waals surface area contributed by atoms with Crippen molar-refractivity contribution in [2.75, 3.05) is 19.7 Å². The molecule has 0 aromatic carbocycles. The van der Waals surface area contributed by atoms with E-state index in [0.717, 1.165) is 38.8 Å². The van der Waals surface area contributed by atoms with Crippen molar-refractivity contribution < 1.29 is 14.6 Å². The summed E-state index contributed by atoms with van der Waals surface area (Å²) in [7, 11) is 0. The van der Waals surface area contributed by atoms with Crippen LogP contribution in [0.25, 0.3) is 0 Å². The van der Waals surface area contributed by atoms with Crippen LogP contribution in [0.15, 0.2) is 0 Å². The molecule has 1 fully saturated rings. The third kappa shape index (κ3) is 6.39.